The fourth-order valence-corrected chi connectivity index (χ4v) is 2.59. The zero-order valence-corrected chi connectivity index (χ0v) is 12.2. The van der Waals surface area contributed by atoms with Gasteiger partial charge in [-0.05, 0) is 38.7 Å². The highest BCUT2D eigenvalue weighted by molar-refractivity contribution is 5.79. The molecule has 2 heterocycles. The number of aromatic nitrogens is 2. The summed E-state index contributed by atoms with van der Waals surface area (Å²) in [7, 11) is 0. The van der Waals surface area contributed by atoms with Crippen molar-refractivity contribution >= 4 is 5.91 Å². The van der Waals surface area contributed by atoms with Crippen molar-refractivity contribution in [1.29, 1.82) is 0 Å². The molecule has 3 rings (SSSR count). The van der Waals surface area contributed by atoms with Gasteiger partial charge in [-0.2, -0.15) is 5.10 Å². The maximum atomic E-state index is 12.2. The molecule has 1 N–H and O–H groups in total. The van der Waals surface area contributed by atoms with Crippen molar-refractivity contribution in [3.05, 3.63) is 28.2 Å². The van der Waals surface area contributed by atoms with E-state index in [4.69, 9.17) is 4.74 Å². The van der Waals surface area contributed by atoms with Crippen molar-refractivity contribution in [3.63, 3.8) is 0 Å². The first kappa shape index (κ1) is 14.3. The van der Waals surface area contributed by atoms with Gasteiger partial charge < -0.3 is 10.1 Å². The van der Waals surface area contributed by atoms with Crippen LogP contribution in [0.3, 0.4) is 0 Å². The van der Waals surface area contributed by atoms with Gasteiger partial charge in [0.2, 0.25) is 5.91 Å². The Bertz CT molecular complexity index is 574. The molecule has 1 aliphatic heterocycles. The lowest BCUT2D eigenvalue weighted by Crippen LogP contribution is -2.40. The standard InChI is InChI=1S/C15H21N3O3/c1-10(15(20)16-9-12-3-2-8-21-12)18-14(19)7-6-13(17-18)11-4-5-11/h6-7,10-12H,2-5,8-9H2,1H3,(H,16,20). The van der Waals surface area contributed by atoms with Gasteiger partial charge in [-0.25, -0.2) is 4.68 Å². The highest BCUT2D eigenvalue weighted by Crippen LogP contribution is 2.38. The molecule has 1 saturated carbocycles. The summed E-state index contributed by atoms with van der Waals surface area (Å²) in [6, 6.07) is 2.68. The Morgan fingerprint density at radius 2 is 2.29 bits per heavy atom. The molecule has 2 unspecified atom stereocenters. The first-order chi connectivity index (χ1) is 10.1. The fraction of sp³-hybridized carbons (Fsp3) is 0.667. The van der Waals surface area contributed by atoms with Gasteiger partial charge in [-0.15, -0.1) is 0 Å². The summed E-state index contributed by atoms with van der Waals surface area (Å²) in [5, 5.41) is 7.20. The normalized spacial score (nSPS) is 23.0. The molecule has 1 saturated heterocycles. The number of amides is 1. The van der Waals surface area contributed by atoms with E-state index in [2.05, 4.69) is 10.4 Å². The zero-order valence-electron chi connectivity index (χ0n) is 12.2. The van der Waals surface area contributed by atoms with Crippen molar-refractivity contribution in [2.45, 2.75) is 50.7 Å². The number of ether oxygens (including phenoxy) is 1. The molecule has 0 bridgehead atoms. The average molecular weight is 291 g/mol. The minimum atomic E-state index is -0.599. The summed E-state index contributed by atoms with van der Waals surface area (Å²) in [6.45, 7) is 2.97. The Kier molecular flexibility index (Phi) is 4.05. The lowest BCUT2D eigenvalue weighted by Gasteiger charge is -2.16. The highest BCUT2D eigenvalue weighted by Gasteiger charge is 2.27. The zero-order chi connectivity index (χ0) is 14.8. The van der Waals surface area contributed by atoms with Crippen molar-refractivity contribution in [2.24, 2.45) is 0 Å². The minimum absolute atomic E-state index is 0.101. The largest absolute Gasteiger partial charge is 0.376 e. The van der Waals surface area contributed by atoms with E-state index in [1.54, 1.807) is 13.0 Å². The van der Waals surface area contributed by atoms with Crippen molar-refractivity contribution < 1.29 is 9.53 Å². The maximum Gasteiger partial charge on any atom is 0.267 e. The lowest BCUT2D eigenvalue weighted by atomic mass is 10.2. The average Bonchev–Trinajstić information content (AvgIpc) is 3.21. The van der Waals surface area contributed by atoms with E-state index in [9.17, 15) is 9.59 Å². The molecule has 0 aromatic carbocycles. The SMILES string of the molecule is CC(C(=O)NCC1CCCO1)n1nc(C2CC2)ccc1=O. The van der Waals surface area contributed by atoms with Crippen LogP contribution in [0.4, 0.5) is 0 Å². The Morgan fingerprint density at radius 3 is 2.95 bits per heavy atom. The van der Waals surface area contributed by atoms with Gasteiger partial charge in [-0.1, -0.05) is 0 Å². The predicted octanol–water partition coefficient (Wildman–Crippen LogP) is 0.977. The Labute approximate surface area is 123 Å². The van der Waals surface area contributed by atoms with Crippen LogP contribution in [0.5, 0.6) is 0 Å². The van der Waals surface area contributed by atoms with Crippen molar-refractivity contribution in [1.82, 2.24) is 15.1 Å². The van der Waals surface area contributed by atoms with Crippen LogP contribution in [-0.4, -0.2) is 34.9 Å². The number of hydrogen-bond donors (Lipinski definition) is 1. The van der Waals surface area contributed by atoms with Gasteiger partial charge >= 0.3 is 0 Å². The van der Waals surface area contributed by atoms with Crippen molar-refractivity contribution in [3.8, 4) is 0 Å². The highest BCUT2D eigenvalue weighted by atomic mass is 16.5. The van der Waals surface area contributed by atoms with E-state index in [1.165, 1.54) is 10.7 Å². The van der Waals surface area contributed by atoms with E-state index in [0.717, 1.165) is 38.0 Å². The molecule has 21 heavy (non-hydrogen) atoms. The van der Waals surface area contributed by atoms with Crippen LogP contribution in [0.2, 0.25) is 0 Å². The second-order valence-electron chi connectivity index (χ2n) is 5.87. The first-order valence-corrected chi connectivity index (χ1v) is 7.64. The van der Waals surface area contributed by atoms with Gasteiger partial charge in [0, 0.05) is 25.1 Å². The quantitative estimate of drug-likeness (QED) is 0.877. The smallest absolute Gasteiger partial charge is 0.267 e. The molecule has 1 aromatic rings. The number of carbonyl (C=O) groups excluding carboxylic acids is 1. The minimum Gasteiger partial charge on any atom is -0.376 e. The second kappa shape index (κ2) is 5.97. The van der Waals surface area contributed by atoms with Crippen LogP contribution in [0.15, 0.2) is 16.9 Å². The van der Waals surface area contributed by atoms with Crippen molar-refractivity contribution in [2.75, 3.05) is 13.2 Å². The maximum absolute atomic E-state index is 12.2. The van der Waals surface area contributed by atoms with Crippen LogP contribution in [-0.2, 0) is 9.53 Å². The fourth-order valence-electron chi connectivity index (χ4n) is 2.59. The molecule has 6 heteroatoms. The third-order valence-corrected chi connectivity index (χ3v) is 4.12. The summed E-state index contributed by atoms with van der Waals surface area (Å²) in [6.07, 6.45) is 4.35. The van der Waals surface area contributed by atoms with Gasteiger partial charge in [0.25, 0.3) is 5.56 Å². The van der Waals surface area contributed by atoms with E-state index >= 15 is 0 Å². The van der Waals surface area contributed by atoms with Crippen LogP contribution in [0.25, 0.3) is 0 Å². The van der Waals surface area contributed by atoms with Gasteiger partial charge in [0.05, 0.1) is 11.8 Å². The number of nitrogens with one attached hydrogen (secondary N) is 1. The molecular weight excluding hydrogens is 270 g/mol. The Hall–Kier alpha value is -1.69. The van der Waals surface area contributed by atoms with E-state index in [1.807, 2.05) is 0 Å². The molecule has 0 radical (unpaired) electrons. The van der Waals surface area contributed by atoms with Gasteiger partial charge in [-0.3, -0.25) is 9.59 Å². The van der Waals surface area contributed by atoms with E-state index < -0.39 is 6.04 Å². The Balaban J connectivity index is 1.65. The van der Waals surface area contributed by atoms with Crippen LogP contribution in [0.1, 0.15) is 50.3 Å². The number of hydrogen-bond acceptors (Lipinski definition) is 4. The monoisotopic (exact) mass is 291 g/mol. The van der Waals surface area contributed by atoms with Gasteiger partial charge in [0.1, 0.15) is 6.04 Å². The van der Waals surface area contributed by atoms with Crippen LogP contribution >= 0.6 is 0 Å². The lowest BCUT2D eigenvalue weighted by molar-refractivity contribution is -0.124. The third kappa shape index (κ3) is 3.32. The molecule has 2 atom stereocenters. The Morgan fingerprint density at radius 1 is 1.48 bits per heavy atom. The molecule has 1 aliphatic carbocycles. The summed E-state index contributed by atoms with van der Waals surface area (Å²) < 4.78 is 6.76. The molecule has 114 valence electrons. The summed E-state index contributed by atoms with van der Waals surface area (Å²) in [5.74, 6) is 0.270. The van der Waals surface area contributed by atoms with E-state index in [0.29, 0.717) is 12.5 Å². The number of nitrogens with zero attached hydrogens (tertiary/aromatic N) is 2. The summed E-state index contributed by atoms with van der Waals surface area (Å²) >= 11 is 0. The second-order valence-corrected chi connectivity index (χ2v) is 5.87. The number of rotatable bonds is 5. The molecule has 1 amide bonds. The molecule has 0 spiro atoms. The van der Waals surface area contributed by atoms with Gasteiger partial charge in [0.15, 0.2) is 0 Å². The molecular formula is C15H21N3O3. The predicted molar refractivity (Wildman–Crippen MR) is 77.2 cm³/mol. The van der Waals surface area contributed by atoms with Crippen LogP contribution in [0, 0.1) is 0 Å². The summed E-state index contributed by atoms with van der Waals surface area (Å²) in [5.41, 5.74) is 0.674. The van der Waals surface area contributed by atoms with Crippen LogP contribution < -0.4 is 10.9 Å². The molecule has 6 nitrogen and oxygen atoms in total. The molecule has 2 aliphatic rings. The molecule has 2 fully saturated rings. The molecule has 1 aromatic heterocycles. The topological polar surface area (TPSA) is 73.2 Å². The number of carbonyl (C=O) groups is 1. The van der Waals surface area contributed by atoms with E-state index in [-0.39, 0.29) is 17.6 Å². The first-order valence-electron chi connectivity index (χ1n) is 7.64. The third-order valence-electron chi connectivity index (χ3n) is 4.12. The summed E-state index contributed by atoms with van der Waals surface area (Å²) in [4.78, 5) is 24.1.